The molecule has 2 aliphatic rings. The molecule has 1 amide bonds. The molecule has 0 atom stereocenters. The number of carbonyl (C=O) groups is 1. The highest BCUT2D eigenvalue weighted by molar-refractivity contribution is 7.89. The summed E-state index contributed by atoms with van der Waals surface area (Å²) in [6, 6.07) is 8.04. The quantitative estimate of drug-likeness (QED) is 0.741. The Kier molecular flexibility index (Phi) is 5.62. The lowest BCUT2D eigenvalue weighted by Gasteiger charge is -2.29. The van der Waals surface area contributed by atoms with Crippen molar-refractivity contribution in [2.75, 3.05) is 26.2 Å². The second-order valence-corrected chi connectivity index (χ2v) is 9.71. The fourth-order valence-corrected chi connectivity index (χ4v) is 5.59. The Bertz CT molecular complexity index is 1090. The van der Waals surface area contributed by atoms with Crippen LogP contribution in [0.5, 0.6) is 0 Å². The van der Waals surface area contributed by atoms with Gasteiger partial charge in [0.2, 0.25) is 10.0 Å². The number of aromatic nitrogens is 1. The average molecular weight is 429 g/mol. The van der Waals surface area contributed by atoms with Gasteiger partial charge in [0.1, 0.15) is 5.76 Å². The molecular formula is C21H24N4O4S. The Labute approximate surface area is 176 Å². The predicted molar refractivity (Wildman–Crippen MR) is 108 cm³/mol. The third kappa shape index (κ3) is 3.85. The van der Waals surface area contributed by atoms with Gasteiger partial charge in [-0.1, -0.05) is 6.07 Å². The zero-order chi connectivity index (χ0) is 21.3. The number of nitriles is 1. The lowest BCUT2D eigenvalue weighted by atomic mass is 9.98. The number of carbonyl (C=O) groups excluding carboxylic acids is 1. The Morgan fingerprint density at radius 3 is 2.57 bits per heavy atom. The van der Waals surface area contributed by atoms with Crippen molar-refractivity contribution in [3.05, 3.63) is 47.2 Å². The number of amides is 1. The van der Waals surface area contributed by atoms with Crippen molar-refractivity contribution in [3.8, 4) is 6.07 Å². The highest BCUT2D eigenvalue weighted by atomic mass is 32.2. The number of oxazole rings is 1. The van der Waals surface area contributed by atoms with Gasteiger partial charge >= 0.3 is 0 Å². The van der Waals surface area contributed by atoms with Crippen LogP contribution in [0.3, 0.4) is 0 Å². The number of rotatable bonds is 4. The van der Waals surface area contributed by atoms with Crippen molar-refractivity contribution in [1.82, 2.24) is 14.2 Å². The molecule has 1 aromatic heterocycles. The summed E-state index contributed by atoms with van der Waals surface area (Å²) >= 11 is 0. The molecule has 30 heavy (non-hydrogen) atoms. The zero-order valence-corrected chi connectivity index (χ0v) is 17.7. The molecule has 0 unspecified atom stereocenters. The van der Waals surface area contributed by atoms with Gasteiger partial charge < -0.3 is 9.32 Å². The third-order valence-electron chi connectivity index (χ3n) is 5.81. The Morgan fingerprint density at radius 2 is 1.90 bits per heavy atom. The monoisotopic (exact) mass is 428 g/mol. The smallest absolute Gasteiger partial charge is 0.276 e. The number of likely N-dealkylation sites (tertiary alicyclic amines) is 1. The highest BCUT2D eigenvalue weighted by Gasteiger charge is 2.33. The van der Waals surface area contributed by atoms with E-state index in [1.165, 1.54) is 16.4 Å². The first-order valence-corrected chi connectivity index (χ1v) is 11.6. The van der Waals surface area contributed by atoms with Crippen LogP contribution in [0.25, 0.3) is 0 Å². The second-order valence-electron chi connectivity index (χ2n) is 7.77. The van der Waals surface area contributed by atoms with Crippen molar-refractivity contribution < 1.29 is 17.6 Å². The van der Waals surface area contributed by atoms with Crippen LogP contribution in [-0.2, 0) is 10.0 Å². The first kappa shape index (κ1) is 20.6. The number of piperidine rings is 1. The van der Waals surface area contributed by atoms with E-state index in [-0.39, 0.29) is 16.7 Å². The van der Waals surface area contributed by atoms with Gasteiger partial charge in [-0.3, -0.25) is 4.79 Å². The van der Waals surface area contributed by atoms with Crippen molar-refractivity contribution >= 4 is 15.9 Å². The Morgan fingerprint density at radius 1 is 1.20 bits per heavy atom. The first-order valence-electron chi connectivity index (χ1n) is 10.2. The van der Waals surface area contributed by atoms with Crippen LogP contribution in [0, 0.1) is 18.3 Å². The van der Waals surface area contributed by atoms with E-state index in [0.29, 0.717) is 48.8 Å². The summed E-state index contributed by atoms with van der Waals surface area (Å²) in [5, 5.41) is 9.03. The van der Waals surface area contributed by atoms with Crippen molar-refractivity contribution in [1.29, 1.82) is 5.26 Å². The fraction of sp³-hybridized carbons (Fsp3) is 0.476. The summed E-state index contributed by atoms with van der Waals surface area (Å²) < 4.78 is 33.1. The molecule has 4 rings (SSSR count). The van der Waals surface area contributed by atoms with E-state index >= 15 is 0 Å². The van der Waals surface area contributed by atoms with Gasteiger partial charge in [0.25, 0.3) is 5.91 Å². The SMILES string of the molecule is Cc1oc(C2CCN(S(=O)(=O)c3cccc(C#N)c3)CC2)nc1C(=O)N1CCCC1. The number of sulfonamides is 1. The van der Waals surface area contributed by atoms with Gasteiger partial charge in [0, 0.05) is 32.1 Å². The van der Waals surface area contributed by atoms with Crippen LogP contribution < -0.4 is 0 Å². The highest BCUT2D eigenvalue weighted by Crippen LogP contribution is 2.32. The molecule has 1 aromatic carbocycles. The summed E-state index contributed by atoms with van der Waals surface area (Å²) in [6.07, 6.45) is 3.16. The summed E-state index contributed by atoms with van der Waals surface area (Å²) in [4.78, 5) is 19.1. The molecule has 0 spiro atoms. The van der Waals surface area contributed by atoms with E-state index in [4.69, 9.17) is 9.68 Å². The number of nitrogens with zero attached hydrogens (tertiary/aromatic N) is 4. The van der Waals surface area contributed by atoms with E-state index in [1.54, 1.807) is 24.0 Å². The molecule has 8 nitrogen and oxygen atoms in total. The zero-order valence-electron chi connectivity index (χ0n) is 16.9. The molecule has 0 radical (unpaired) electrons. The van der Waals surface area contributed by atoms with Gasteiger partial charge in [0.05, 0.1) is 16.5 Å². The van der Waals surface area contributed by atoms with Crippen molar-refractivity contribution in [2.45, 2.75) is 43.4 Å². The van der Waals surface area contributed by atoms with Gasteiger partial charge in [-0.2, -0.15) is 9.57 Å². The first-order chi connectivity index (χ1) is 14.4. The minimum atomic E-state index is -3.66. The Balaban J connectivity index is 1.45. The van der Waals surface area contributed by atoms with Gasteiger partial charge in [-0.05, 0) is 50.8 Å². The normalized spacial score (nSPS) is 18.5. The van der Waals surface area contributed by atoms with Crippen LogP contribution in [0.1, 0.15) is 59.3 Å². The molecule has 2 aromatic rings. The maximum atomic E-state index is 12.9. The van der Waals surface area contributed by atoms with Gasteiger partial charge in [-0.25, -0.2) is 13.4 Å². The number of hydrogen-bond donors (Lipinski definition) is 0. The molecule has 2 saturated heterocycles. The molecule has 0 N–H and O–H groups in total. The summed E-state index contributed by atoms with van der Waals surface area (Å²) in [5.41, 5.74) is 0.687. The topological polar surface area (TPSA) is 108 Å². The van der Waals surface area contributed by atoms with Crippen LogP contribution in [-0.4, -0.2) is 54.7 Å². The summed E-state index contributed by atoms with van der Waals surface area (Å²) in [6.45, 7) is 3.93. The van der Waals surface area contributed by atoms with E-state index in [0.717, 1.165) is 25.9 Å². The average Bonchev–Trinajstić information content (AvgIpc) is 3.43. The molecule has 9 heteroatoms. The minimum absolute atomic E-state index is 0.0271. The maximum Gasteiger partial charge on any atom is 0.276 e. The number of benzene rings is 1. The standard InChI is InChI=1S/C21H24N4O4S/c1-15-19(21(26)24-9-2-3-10-24)23-20(29-15)17-7-11-25(12-8-17)30(27,28)18-6-4-5-16(13-18)14-22/h4-6,13,17H,2-3,7-12H2,1H3. The minimum Gasteiger partial charge on any atom is -0.445 e. The van der Waals surface area contributed by atoms with E-state index < -0.39 is 10.0 Å². The maximum absolute atomic E-state index is 12.9. The van der Waals surface area contributed by atoms with E-state index in [2.05, 4.69) is 4.98 Å². The van der Waals surface area contributed by atoms with Gasteiger partial charge in [-0.15, -0.1) is 0 Å². The summed E-state index contributed by atoms with van der Waals surface area (Å²) in [7, 11) is -3.66. The lowest BCUT2D eigenvalue weighted by molar-refractivity contribution is 0.0786. The Hall–Kier alpha value is -2.70. The van der Waals surface area contributed by atoms with Crippen LogP contribution >= 0.6 is 0 Å². The molecule has 158 valence electrons. The molecule has 0 bridgehead atoms. The predicted octanol–water partition coefficient (Wildman–Crippen LogP) is 2.66. The molecule has 2 fully saturated rings. The lowest BCUT2D eigenvalue weighted by Crippen LogP contribution is -2.38. The van der Waals surface area contributed by atoms with Crippen molar-refractivity contribution in [2.24, 2.45) is 0 Å². The molecule has 0 aliphatic carbocycles. The van der Waals surface area contributed by atoms with Gasteiger partial charge in [0.15, 0.2) is 11.6 Å². The fourth-order valence-electron chi connectivity index (χ4n) is 4.08. The summed E-state index contributed by atoms with van der Waals surface area (Å²) in [5.74, 6) is 0.918. The second kappa shape index (κ2) is 8.20. The van der Waals surface area contributed by atoms with E-state index in [1.807, 2.05) is 6.07 Å². The van der Waals surface area contributed by atoms with E-state index in [9.17, 15) is 13.2 Å². The number of aryl methyl sites for hydroxylation is 1. The molecule has 2 aliphatic heterocycles. The third-order valence-corrected chi connectivity index (χ3v) is 7.71. The largest absolute Gasteiger partial charge is 0.445 e. The van der Waals surface area contributed by atoms with Crippen molar-refractivity contribution in [3.63, 3.8) is 0 Å². The van der Waals surface area contributed by atoms with Crippen LogP contribution in [0.15, 0.2) is 33.6 Å². The van der Waals surface area contributed by atoms with Crippen LogP contribution in [0.2, 0.25) is 0 Å². The number of hydrogen-bond acceptors (Lipinski definition) is 6. The molecular weight excluding hydrogens is 404 g/mol. The molecule has 0 saturated carbocycles. The molecule has 3 heterocycles. The van der Waals surface area contributed by atoms with Crippen LogP contribution in [0.4, 0.5) is 0 Å².